The van der Waals surface area contributed by atoms with Crippen LogP contribution in [0.2, 0.25) is 0 Å². The van der Waals surface area contributed by atoms with E-state index in [4.69, 9.17) is 0 Å². The first-order chi connectivity index (χ1) is 10.2. The summed E-state index contributed by atoms with van der Waals surface area (Å²) in [7, 11) is 1.54. The van der Waals surface area contributed by atoms with Crippen LogP contribution in [-0.4, -0.2) is 10.5 Å². The molecule has 0 fully saturated rings. The molecule has 0 spiro atoms. The number of hydrogen-bond acceptors (Lipinski definition) is 2. The number of nitrogens with one attached hydrogen (secondary N) is 1. The molecule has 0 radical (unpaired) electrons. The summed E-state index contributed by atoms with van der Waals surface area (Å²) in [6.45, 7) is 1.66. The normalized spacial score (nSPS) is 11.3. The van der Waals surface area contributed by atoms with Crippen LogP contribution < -0.4 is 10.9 Å². The van der Waals surface area contributed by atoms with E-state index in [2.05, 4.69) is 5.32 Å². The molecule has 0 atom stereocenters. The van der Waals surface area contributed by atoms with Gasteiger partial charge in [-0.2, -0.15) is 13.2 Å². The van der Waals surface area contributed by atoms with Crippen molar-refractivity contribution in [1.29, 1.82) is 0 Å². The van der Waals surface area contributed by atoms with E-state index in [1.54, 1.807) is 6.92 Å². The molecule has 7 heteroatoms. The van der Waals surface area contributed by atoms with Gasteiger partial charge in [-0.15, -0.1) is 0 Å². The van der Waals surface area contributed by atoms with E-state index in [0.29, 0.717) is 11.3 Å². The highest BCUT2D eigenvalue weighted by Crippen LogP contribution is 2.29. The number of carbonyl (C=O) groups excluding carboxylic acids is 1. The Labute approximate surface area is 124 Å². The van der Waals surface area contributed by atoms with Crippen LogP contribution in [0.3, 0.4) is 0 Å². The molecule has 0 bridgehead atoms. The second-order valence-corrected chi connectivity index (χ2v) is 4.85. The lowest BCUT2D eigenvalue weighted by Gasteiger charge is -2.11. The Kier molecular flexibility index (Phi) is 4.07. The van der Waals surface area contributed by atoms with Gasteiger partial charge in [-0.1, -0.05) is 0 Å². The first-order valence-electron chi connectivity index (χ1n) is 6.34. The maximum Gasteiger partial charge on any atom is 0.416 e. The summed E-state index contributed by atoms with van der Waals surface area (Å²) >= 11 is 0. The number of alkyl halides is 3. The Morgan fingerprint density at radius 3 is 2.32 bits per heavy atom. The van der Waals surface area contributed by atoms with E-state index in [-0.39, 0.29) is 11.1 Å². The minimum absolute atomic E-state index is 0.0984. The van der Waals surface area contributed by atoms with Gasteiger partial charge in [-0.25, -0.2) is 0 Å². The second kappa shape index (κ2) is 5.67. The van der Waals surface area contributed by atoms with Crippen molar-refractivity contribution in [3.05, 3.63) is 63.6 Å². The zero-order chi connectivity index (χ0) is 16.5. The first-order valence-corrected chi connectivity index (χ1v) is 6.34. The topological polar surface area (TPSA) is 51.1 Å². The summed E-state index contributed by atoms with van der Waals surface area (Å²) in [6, 6.07) is 5.28. The summed E-state index contributed by atoms with van der Waals surface area (Å²) in [5.41, 5.74) is 0.0592. The number of nitrogens with zero attached hydrogens (tertiary/aromatic N) is 1. The fraction of sp³-hybridized carbons (Fsp3) is 0.200. The maximum absolute atomic E-state index is 12.5. The van der Waals surface area contributed by atoms with E-state index in [9.17, 15) is 22.8 Å². The monoisotopic (exact) mass is 310 g/mol. The van der Waals surface area contributed by atoms with Crippen molar-refractivity contribution < 1.29 is 18.0 Å². The highest BCUT2D eigenvalue weighted by Gasteiger charge is 2.30. The number of carbonyl (C=O) groups is 1. The van der Waals surface area contributed by atoms with Crippen molar-refractivity contribution >= 4 is 11.6 Å². The minimum atomic E-state index is -4.44. The Hall–Kier alpha value is -2.57. The largest absolute Gasteiger partial charge is 0.416 e. The number of rotatable bonds is 2. The second-order valence-electron chi connectivity index (χ2n) is 4.85. The SMILES string of the molecule is Cc1cc(=O)n(C)cc1NC(=O)c1ccc(C(F)(F)F)cc1. The molecule has 4 nitrogen and oxygen atoms in total. The summed E-state index contributed by atoms with van der Waals surface area (Å²) in [5, 5.41) is 2.57. The van der Waals surface area contributed by atoms with Gasteiger partial charge in [0.15, 0.2) is 0 Å². The lowest BCUT2D eigenvalue weighted by atomic mass is 10.1. The summed E-state index contributed by atoms with van der Waals surface area (Å²) in [6.07, 6.45) is -2.98. The Morgan fingerprint density at radius 2 is 1.77 bits per heavy atom. The highest BCUT2D eigenvalue weighted by atomic mass is 19.4. The lowest BCUT2D eigenvalue weighted by molar-refractivity contribution is -0.137. The van der Waals surface area contributed by atoms with Gasteiger partial charge in [0, 0.05) is 24.9 Å². The maximum atomic E-state index is 12.5. The number of pyridine rings is 1. The summed E-state index contributed by atoms with van der Waals surface area (Å²) in [5.74, 6) is -0.546. The van der Waals surface area contributed by atoms with Crippen molar-refractivity contribution in [2.45, 2.75) is 13.1 Å². The molecular weight excluding hydrogens is 297 g/mol. The van der Waals surface area contributed by atoms with Gasteiger partial charge >= 0.3 is 6.18 Å². The molecule has 2 aromatic rings. The molecule has 0 unspecified atom stereocenters. The standard InChI is InChI=1S/C15H13F3N2O2/c1-9-7-13(21)20(2)8-12(9)19-14(22)10-3-5-11(6-4-10)15(16,17)18/h3-8H,1-2H3,(H,19,22). The Balaban J connectivity index is 2.23. The molecule has 1 aromatic heterocycles. The molecule has 2 rings (SSSR count). The van der Waals surface area contributed by atoms with Crippen LogP contribution >= 0.6 is 0 Å². The number of aryl methyl sites for hydroxylation is 2. The molecule has 0 aliphatic carbocycles. The predicted octanol–water partition coefficient (Wildman–Crippen LogP) is 2.96. The molecule has 0 aliphatic heterocycles. The van der Waals surface area contributed by atoms with Gasteiger partial charge in [0.1, 0.15) is 0 Å². The smallest absolute Gasteiger partial charge is 0.320 e. The van der Waals surface area contributed by atoms with Gasteiger partial charge in [-0.3, -0.25) is 9.59 Å². The zero-order valence-corrected chi connectivity index (χ0v) is 11.9. The predicted molar refractivity (Wildman–Crippen MR) is 75.8 cm³/mol. The number of benzene rings is 1. The molecule has 0 saturated carbocycles. The minimum Gasteiger partial charge on any atom is -0.320 e. The zero-order valence-electron chi connectivity index (χ0n) is 11.9. The van der Waals surface area contributed by atoms with Crippen LogP contribution in [-0.2, 0) is 13.2 Å². The summed E-state index contributed by atoms with van der Waals surface area (Å²) < 4.78 is 38.7. The molecule has 1 heterocycles. The van der Waals surface area contributed by atoms with Crippen LogP contribution in [0, 0.1) is 6.92 Å². The van der Waals surface area contributed by atoms with Gasteiger partial charge in [0.05, 0.1) is 11.3 Å². The number of anilines is 1. The van der Waals surface area contributed by atoms with E-state index in [1.807, 2.05) is 0 Å². The van der Waals surface area contributed by atoms with E-state index in [0.717, 1.165) is 24.3 Å². The van der Waals surface area contributed by atoms with Crippen LogP contribution in [0.25, 0.3) is 0 Å². The third-order valence-electron chi connectivity index (χ3n) is 3.16. The van der Waals surface area contributed by atoms with Crippen LogP contribution in [0.5, 0.6) is 0 Å². The van der Waals surface area contributed by atoms with Crippen molar-refractivity contribution in [1.82, 2.24) is 4.57 Å². The average molecular weight is 310 g/mol. The molecule has 1 aromatic carbocycles. The lowest BCUT2D eigenvalue weighted by Crippen LogP contribution is -2.19. The van der Waals surface area contributed by atoms with Gasteiger partial charge in [-0.05, 0) is 36.8 Å². The highest BCUT2D eigenvalue weighted by molar-refractivity contribution is 6.04. The van der Waals surface area contributed by atoms with Crippen molar-refractivity contribution in [2.75, 3.05) is 5.32 Å². The Bertz CT molecular complexity index is 762. The average Bonchev–Trinajstić information content (AvgIpc) is 2.44. The molecule has 1 amide bonds. The number of halogens is 3. The first kappa shape index (κ1) is 15.8. The van der Waals surface area contributed by atoms with Crippen LogP contribution in [0.4, 0.5) is 18.9 Å². The molecule has 0 saturated heterocycles. The number of aromatic nitrogens is 1. The van der Waals surface area contributed by atoms with Crippen LogP contribution in [0.1, 0.15) is 21.5 Å². The number of hydrogen-bond donors (Lipinski definition) is 1. The Morgan fingerprint density at radius 1 is 1.18 bits per heavy atom. The van der Waals surface area contributed by atoms with Crippen molar-refractivity contribution in [2.24, 2.45) is 7.05 Å². The third-order valence-corrected chi connectivity index (χ3v) is 3.16. The fourth-order valence-corrected chi connectivity index (χ4v) is 1.86. The van der Waals surface area contributed by atoms with E-state index in [1.165, 1.54) is 23.9 Å². The fourth-order valence-electron chi connectivity index (χ4n) is 1.86. The van der Waals surface area contributed by atoms with Crippen molar-refractivity contribution in [3.63, 3.8) is 0 Å². The summed E-state index contributed by atoms with van der Waals surface area (Å²) in [4.78, 5) is 23.5. The van der Waals surface area contributed by atoms with Gasteiger partial charge < -0.3 is 9.88 Å². The van der Waals surface area contributed by atoms with Crippen molar-refractivity contribution in [3.8, 4) is 0 Å². The molecular formula is C15H13F3N2O2. The quantitative estimate of drug-likeness (QED) is 0.927. The van der Waals surface area contributed by atoms with Gasteiger partial charge in [0.25, 0.3) is 11.5 Å². The van der Waals surface area contributed by atoms with Gasteiger partial charge in [0.2, 0.25) is 0 Å². The number of amides is 1. The van der Waals surface area contributed by atoms with E-state index >= 15 is 0 Å². The molecule has 116 valence electrons. The van der Waals surface area contributed by atoms with E-state index < -0.39 is 17.6 Å². The molecule has 22 heavy (non-hydrogen) atoms. The molecule has 1 N–H and O–H groups in total. The van der Waals surface area contributed by atoms with Crippen LogP contribution in [0.15, 0.2) is 41.3 Å². The molecule has 0 aliphatic rings. The third kappa shape index (κ3) is 3.36.